The number of aromatic nitrogens is 1. The number of nitrogens with one attached hydrogen (secondary N) is 1. The summed E-state index contributed by atoms with van der Waals surface area (Å²) >= 11 is 0. The Labute approximate surface area is 215 Å². The van der Waals surface area contributed by atoms with Gasteiger partial charge in [-0.15, -0.1) is 0 Å². The van der Waals surface area contributed by atoms with E-state index in [1.807, 2.05) is 54.7 Å². The predicted molar refractivity (Wildman–Crippen MR) is 145 cm³/mol. The molecule has 0 spiro atoms. The van der Waals surface area contributed by atoms with Crippen molar-refractivity contribution in [3.63, 3.8) is 0 Å². The molecule has 0 aliphatic carbocycles. The first-order chi connectivity index (χ1) is 17.5. The maximum absolute atomic E-state index is 12.9. The smallest absolute Gasteiger partial charge is 0.253 e. The van der Waals surface area contributed by atoms with E-state index in [0.717, 1.165) is 86.8 Å². The van der Waals surface area contributed by atoms with Crippen molar-refractivity contribution >= 4 is 16.8 Å². The second-order valence-electron chi connectivity index (χ2n) is 9.89. The zero-order valence-electron chi connectivity index (χ0n) is 21.9. The van der Waals surface area contributed by atoms with Crippen LogP contribution in [-0.2, 0) is 6.54 Å². The maximum atomic E-state index is 12.9. The minimum absolute atomic E-state index is 0.0203. The summed E-state index contributed by atoms with van der Waals surface area (Å²) in [5.41, 5.74) is 1.72. The van der Waals surface area contributed by atoms with Crippen LogP contribution in [0.15, 0.2) is 54.7 Å². The third-order valence-electron chi connectivity index (χ3n) is 6.75. The van der Waals surface area contributed by atoms with Crippen molar-refractivity contribution in [3.8, 4) is 11.5 Å². The summed E-state index contributed by atoms with van der Waals surface area (Å²) in [6.07, 6.45) is 3.01. The lowest BCUT2D eigenvalue weighted by Gasteiger charge is -2.34. The molecule has 1 aromatic heterocycles. The van der Waals surface area contributed by atoms with Crippen molar-refractivity contribution < 1.29 is 14.3 Å². The second-order valence-corrected chi connectivity index (χ2v) is 9.89. The number of hydrogen-bond acceptors (Lipinski definition) is 5. The van der Waals surface area contributed by atoms with Crippen LogP contribution in [0.3, 0.4) is 0 Å². The molecule has 194 valence electrons. The lowest BCUT2D eigenvalue weighted by Crippen LogP contribution is -2.47. The molecule has 0 atom stereocenters. The van der Waals surface area contributed by atoms with E-state index in [-0.39, 0.29) is 5.91 Å². The first-order valence-electron chi connectivity index (χ1n) is 13.1. The Kier molecular flexibility index (Phi) is 9.25. The molecule has 1 aliphatic heterocycles. The van der Waals surface area contributed by atoms with Gasteiger partial charge in [0.2, 0.25) is 0 Å². The highest BCUT2D eigenvalue weighted by atomic mass is 16.5. The Bertz CT molecular complexity index is 1100. The van der Waals surface area contributed by atoms with E-state index in [0.29, 0.717) is 12.5 Å². The van der Waals surface area contributed by atoms with Crippen molar-refractivity contribution in [2.75, 3.05) is 59.5 Å². The zero-order valence-corrected chi connectivity index (χ0v) is 21.9. The number of carbonyl (C=O) groups excluding carboxylic acids is 1. The predicted octanol–water partition coefficient (Wildman–Crippen LogP) is 4.12. The number of nitrogens with zero attached hydrogens (tertiary/aromatic N) is 3. The van der Waals surface area contributed by atoms with Crippen molar-refractivity contribution in [1.29, 1.82) is 0 Å². The lowest BCUT2D eigenvalue weighted by molar-refractivity contribution is 0.0950. The van der Waals surface area contributed by atoms with Crippen LogP contribution in [0.1, 0.15) is 30.6 Å². The number of benzene rings is 2. The number of rotatable bonds is 12. The molecule has 3 aromatic rings. The van der Waals surface area contributed by atoms with Gasteiger partial charge in [0, 0.05) is 57.4 Å². The number of piperazine rings is 1. The van der Waals surface area contributed by atoms with Crippen LogP contribution in [0.5, 0.6) is 11.5 Å². The molecule has 2 heterocycles. The number of hydrogen-bond donors (Lipinski definition) is 1. The summed E-state index contributed by atoms with van der Waals surface area (Å²) in [6.45, 7) is 12.7. The molecular weight excluding hydrogens is 452 g/mol. The van der Waals surface area contributed by atoms with Gasteiger partial charge in [-0.1, -0.05) is 44.2 Å². The van der Waals surface area contributed by atoms with Crippen LogP contribution in [0.2, 0.25) is 0 Å². The quantitative estimate of drug-likeness (QED) is 0.412. The minimum atomic E-state index is -0.0203. The molecule has 7 nitrogen and oxygen atoms in total. The zero-order chi connectivity index (χ0) is 25.3. The fourth-order valence-corrected chi connectivity index (χ4v) is 4.75. The highest BCUT2D eigenvalue weighted by molar-refractivity contribution is 6.08. The van der Waals surface area contributed by atoms with Crippen molar-refractivity contribution in [2.45, 2.75) is 26.8 Å². The van der Waals surface area contributed by atoms with Crippen LogP contribution >= 0.6 is 0 Å². The van der Waals surface area contributed by atoms with E-state index in [1.165, 1.54) is 0 Å². The second kappa shape index (κ2) is 12.8. The summed E-state index contributed by atoms with van der Waals surface area (Å²) in [7, 11) is 1.69. The third kappa shape index (κ3) is 6.80. The fourth-order valence-electron chi connectivity index (χ4n) is 4.75. The lowest BCUT2D eigenvalue weighted by atomic mass is 10.1. The number of amides is 1. The molecule has 4 rings (SSSR count). The molecule has 0 unspecified atom stereocenters. The molecule has 7 heteroatoms. The minimum Gasteiger partial charge on any atom is -0.495 e. The average Bonchev–Trinajstić information content (AvgIpc) is 3.28. The van der Waals surface area contributed by atoms with Gasteiger partial charge in [0.25, 0.3) is 5.91 Å². The summed E-state index contributed by atoms with van der Waals surface area (Å²) in [5, 5.41) is 4.01. The summed E-state index contributed by atoms with van der Waals surface area (Å²) in [4.78, 5) is 17.9. The van der Waals surface area contributed by atoms with Gasteiger partial charge in [-0.05, 0) is 37.1 Å². The van der Waals surface area contributed by atoms with Gasteiger partial charge >= 0.3 is 0 Å². The van der Waals surface area contributed by atoms with E-state index in [9.17, 15) is 4.79 Å². The maximum Gasteiger partial charge on any atom is 0.253 e. The number of methoxy groups -OCH3 is 1. The Balaban J connectivity index is 1.28. The summed E-state index contributed by atoms with van der Waals surface area (Å²) in [6, 6.07) is 16.0. The molecular formula is C29H40N4O3. The molecule has 0 saturated carbocycles. The van der Waals surface area contributed by atoms with E-state index >= 15 is 0 Å². The van der Waals surface area contributed by atoms with Gasteiger partial charge in [-0.2, -0.15) is 0 Å². The Morgan fingerprint density at radius 3 is 2.36 bits per heavy atom. The van der Waals surface area contributed by atoms with Crippen molar-refractivity contribution in [1.82, 2.24) is 19.7 Å². The molecule has 0 radical (unpaired) electrons. The number of ether oxygens (including phenoxy) is 2. The highest BCUT2D eigenvalue weighted by Gasteiger charge is 2.19. The van der Waals surface area contributed by atoms with E-state index < -0.39 is 0 Å². The van der Waals surface area contributed by atoms with Crippen LogP contribution in [0.4, 0.5) is 0 Å². The fraction of sp³-hybridized carbons (Fsp3) is 0.483. The molecule has 36 heavy (non-hydrogen) atoms. The SMILES string of the molecule is COc1cccc2c(C(=O)NCC(C)C)cn(CCCN3CCN(CCOc4ccccc4)CC3)c12. The number of para-hydroxylation sites is 2. The van der Waals surface area contributed by atoms with Crippen LogP contribution in [0, 0.1) is 5.92 Å². The average molecular weight is 493 g/mol. The number of fused-ring (bicyclic) bond motifs is 1. The van der Waals surface area contributed by atoms with Crippen molar-refractivity contribution in [2.24, 2.45) is 5.92 Å². The van der Waals surface area contributed by atoms with Crippen LogP contribution < -0.4 is 14.8 Å². The normalized spacial score (nSPS) is 14.9. The highest BCUT2D eigenvalue weighted by Crippen LogP contribution is 2.30. The van der Waals surface area contributed by atoms with E-state index in [4.69, 9.17) is 9.47 Å². The topological polar surface area (TPSA) is 59.0 Å². The Morgan fingerprint density at radius 1 is 0.944 bits per heavy atom. The Hall–Kier alpha value is -3.03. The largest absolute Gasteiger partial charge is 0.495 e. The molecule has 1 aliphatic rings. The molecule has 1 fully saturated rings. The standard InChI is InChI=1S/C29H40N4O3/c1-23(2)21-30-29(34)26-22-33(28-25(26)11-7-12-27(28)35-3)14-8-13-31-15-17-32(18-16-31)19-20-36-24-9-5-4-6-10-24/h4-7,9-12,22-23H,8,13-21H2,1-3H3,(H,30,34). The summed E-state index contributed by atoms with van der Waals surface area (Å²) < 4.78 is 13.7. The Morgan fingerprint density at radius 2 is 1.67 bits per heavy atom. The molecule has 1 amide bonds. The first kappa shape index (κ1) is 26.0. The van der Waals surface area contributed by atoms with E-state index in [2.05, 4.69) is 33.5 Å². The molecule has 1 N–H and O–H groups in total. The molecule has 2 aromatic carbocycles. The van der Waals surface area contributed by atoms with Gasteiger partial charge in [0.15, 0.2) is 0 Å². The number of carbonyl (C=O) groups is 1. The van der Waals surface area contributed by atoms with Crippen molar-refractivity contribution in [3.05, 3.63) is 60.3 Å². The summed E-state index contributed by atoms with van der Waals surface area (Å²) in [5.74, 6) is 2.13. The monoisotopic (exact) mass is 492 g/mol. The van der Waals surface area contributed by atoms with Crippen LogP contribution in [0.25, 0.3) is 10.9 Å². The molecule has 0 bridgehead atoms. The van der Waals surface area contributed by atoms with Gasteiger partial charge < -0.3 is 24.3 Å². The van der Waals surface area contributed by atoms with Gasteiger partial charge in [0.05, 0.1) is 18.2 Å². The van der Waals surface area contributed by atoms with Gasteiger partial charge in [-0.25, -0.2) is 0 Å². The van der Waals surface area contributed by atoms with E-state index in [1.54, 1.807) is 7.11 Å². The number of aryl methyl sites for hydroxylation is 1. The first-order valence-corrected chi connectivity index (χ1v) is 13.1. The van der Waals surface area contributed by atoms with Crippen LogP contribution in [-0.4, -0.2) is 79.8 Å². The third-order valence-corrected chi connectivity index (χ3v) is 6.75. The van der Waals surface area contributed by atoms with Gasteiger partial charge in [0.1, 0.15) is 18.1 Å². The van der Waals surface area contributed by atoms with Gasteiger partial charge in [-0.3, -0.25) is 9.69 Å². The molecule has 1 saturated heterocycles.